The lowest BCUT2D eigenvalue weighted by molar-refractivity contribution is 0.0806. The van der Waals surface area contributed by atoms with Crippen LogP contribution in [0.3, 0.4) is 0 Å². The Hall–Kier alpha value is -1.20. The van der Waals surface area contributed by atoms with Crippen molar-refractivity contribution in [1.82, 2.24) is 9.88 Å². The molecule has 0 unspecified atom stereocenters. The molecular weight excluding hydrogens is 252 g/mol. The Labute approximate surface area is 109 Å². The van der Waals surface area contributed by atoms with Crippen molar-refractivity contribution in [3.8, 4) is 10.6 Å². The van der Waals surface area contributed by atoms with Crippen LogP contribution in [-0.4, -0.2) is 29.4 Å². The minimum absolute atomic E-state index is 0.0592. The molecule has 2 aromatic rings. The number of aryl methyl sites for hydroxylation is 1. The monoisotopic (exact) mass is 266 g/mol. The van der Waals surface area contributed by atoms with Crippen LogP contribution in [0.4, 0.5) is 0 Å². The van der Waals surface area contributed by atoms with Gasteiger partial charge in [0.25, 0.3) is 5.91 Å². The number of carbonyl (C=O) groups is 1. The summed E-state index contributed by atoms with van der Waals surface area (Å²) in [7, 11) is 1.81. The van der Waals surface area contributed by atoms with Gasteiger partial charge in [0.15, 0.2) is 0 Å². The van der Waals surface area contributed by atoms with Crippen molar-refractivity contribution < 1.29 is 4.79 Å². The fourth-order valence-electron chi connectivity index (χ4n) is 1.42. The fraction of sp³-hybridized carbons (Fsp3) is 0.333. The number of thiophene rings is 1. The highest BCUT2D eigenvalue weighted by atomic mass is 32.1. The SMILES string of the molecule is CCN(C)C(=O)c1sc(-c2ccsc2)nc1C. The number of thiazole rings is 1. The van der Waals surface area contributed by atoms with E-state index in [4.69, 9.17) is 0 Å². The lowest BCUT2D eigenvalue weighted by Gasteiger charge is -2.12. The van der Waals surface area contributed by atoms with E-state index in [-0.39, 0.29) is 5.91 Å². The third-order valence-corrected chi connectivity index (χ3v) is 4.46. The van der Waals surface area contributed by atoms with Crippen molar-refractivity contribution >= 4 is 28.6 Å². The molecule has 0 atom stereocenters. The summed E-state index contributed by atoms with van der Waals surface area (Å²) in [6.45, 7) is 4.57. The minimum atomic E-state index is 0.0592. The minimum Gasteiger partial charge on any atom is -0.341 e. The summed E-state index contributed by atoms with van der Waals surface area (Å²) in [5, 5.41) is 5.00. The second-order valence-electron chi connectivity index (χ2n) is 3.76. The van der Waals surface area contributed by atoms with E-state index in [1.54, 1.807) is 16.2 Å². The second-order valence-corrected chi connectivity index (χ2v) is 5.54. The molecule has 2 aromatic heterocycles. The van der Waals surface area contributed by atoms with E-state index in [1.165, 1.54) is 11.3 Å². The molecule has 2 heterocycles. The van der Waals surface area contributed by atoms with Crippen LogP contribution in [0.25, 0.3) is 10.6 Å². The molecular formula is C12H14N2OS2. The Morgan fingerprint density at radius 1 is 1.53 bits per heavy atom. The van der Waals surface area contributed by atoms with Gasteiger partial charge in [0.1, 0.15) is 9.88 Å². The van der Waals surface area contributed by atoms with E-state index in [0.29, 0.717) is 6.54 Å². The first kappa shape index (κ1) is 12.3. The molecule has 0 fully saturated rings. The van der Waals surface area contributed by atoms with E-state index in [1.807, 2.05) is 32.3 Å². The molecule has 2 rings (SSSR count). The Kier molecular flexibility index (Phi) is 3.59. The van der Waals surface area contributed by atoms with Gasteiger partial charge in [-0.3, -0.25) is 4.79 Å². The summed E-state index contributed by atoms with van der Waals surface area (Å²) in [6, 6.07) is 2.03. The standard InChI is InChI=1S/C12H14N2OS2/c1-4-14(3)12(15)10-8(2)13-11(17-10)9-5-6-16-7-9/h5-7H,4H2,1-3H3. The average molecular weight is 266 g/mol. The molecule has 0 saturated carbocycles. The first-order valence-electron chi connectivity index (χ1n) is 5.39. The van der Waals surface area contributed by atoms with Crippen LogP contribution >= 0.6 is 22.7 Å². The summed E-state index contributed by atoms with van der Waals surface area (Å²) in [5.41, 5.74) is 1.92. The van der Waals surface area contributed by atoms with Crippen molar-refractivity contribution in [2.75, 3.05) is 13.6 Å². The number of hydrogen-bond acceptors (Lipinski definition) is 4. The second kappa shape index (κ2) is 4.98. The number of amides is 1. The van der Waals surface area contributed by atoms with Gasteiger partial charge in [-0.1, -0.05) is 0 Å². The Morgan fingerprint density at radius 2 is 2.29 bits per heavy atom. The highest BCUT2D eigenvalue weighted by Crippen LogP contribution is 2.29. The van der Waals surface area contributed by atoms with E-state index in [2.05, 4.69) is 10.4 Å². The Morgan fingerprint density at radius 3 is 2.88 bits per heavy atom. The Bertz CT molecular complexity index is 517. The number of hydrogen-bond donors (Lipinski definition) is 0. The maximum absolute atomic E-state index is 12.1. The molecule has 90 valence electrons. The van der Waals surface area contributed by atoms with E-state index < -0.39 is 0 Å². The third-order valence-electron chi connectivity index (χ3n) is 2.58. The molecule has 0 aliphatic carbocycles. The zero-order valence-electron chi connectivity index (χ0n) is 10.1. The summed E-state index contributed by atoms with van der Waals surface area (Å²) >= 11 is 3.11. The largest absolute Gasteiger partial charge is 0.341 e. The maximum atomic E-state index is 12.1. The maximum Gasteiger partial charge on any atom is 0.265 e. The number of nitrogens with zero attached hydrogens (tertiary/aromatic N) is 2. The third kappa shape index (κ3) is 2.40. The van der Waals surface area contributed by atoms with Crippen LogP contribution in [-0.2, 0) is 0 Å². The van der Waals surface area contributed by atoms with Gasteiger partial charge in [-0.2, -0.15) is 11.3 Å². The Balaban J connectivity index is 2.34. The molecule has 5 heteroatoms. The van der Waals surface area contributed by atoms with Gasteiger partial charge in [0.2, 0.25) is 0 Å². The molecule has 0 bridgehead atoms. The van der Waals surface area contributed by atoms with Crippen LogP contribution in [0, 0.1) is 6.92 Å². The van der Waals surface area contributed by atoms with Crippen LogP contribution in [0.2, 0.25) is 0 Å². The zero-order valence-corrected chi connectivity index (χ0v) is 11.7. The van der Waals surface area contributed by atoms with Gasteiger partial charge in [-0.05, 0) is 25.3 Å². The summed E-state index contributed by atoms with van der Waals surface area (Å²) in [5.74, 6) is 0.0592. The van der Waals surface area contributed by atoms with Gasteiger partial charge in [0, 0.05) is 24.5 Å². The molecule has 17 heavy (non-hydrogen) atoms. The first-order valence-corrected chi connectivity index (χ1v) is 7.15. The van der Waals surface area contributed by atoms with Crippen molar-refractivity contribution in [2.24, 2.45) is 0 Å². The van der Waals surface area contributed by atoms with Crippen LogP contribution < -0.4 is 0 Å². The normalized spacial score (nSPS) is 10.5. The van der Waals surface area contributed by atoms with Gasteiger partial charge in [-0.15, -0.1) is 11.3 Å². The summed E-state index contributed by atoms with van der Waals surface area (Å²) in [4.78, 5) is 19.0. The van der Waals surface area contributed by atoms with E-state index in [9.17, 15) is 4.79 Å². The molecule has 0 aliphatic rings. The molecule has 0 radical (unpaired) electrons. The zero-order chi connectivity index (χ0) is 12.4. The quantitative estimate of drug-likeness (QED) is 0.854. The molecule has 1 amide bonds. The molecule has 0 spiro atoms. The lowest BCUT2D eigenvalue weighted by atomic mass is 10.3. The van der Waals surface area contributed by atoms with Gasteiger partial charge in [-0.25, -0.2) is 4.98 Å². The average Bonchev–Trinajstić information content (AvgIpc) is 2.95. The smallest absolute Gasteiger partial charge is 0.265 e. The predicted octanol–water partition coefficient (Wildman–Crippen LogP) is 3.27. The first-order chi connectivity index (χ1) is 8.13. The van der Waals surface area contributed by atoms with Crippen molar-refractivity contribution in [2.45, 2.75) is 13.8 Å². The van der Waals surface area contributed by atoms with Crippen molar-refractivity contribution in [1.29, 1.82) is 0 Å². The van der Waals surface area contributed by atoms with Gasteiger partial charge < -0.3 is 4.90 Å². The molecule has 0 aromatic carbocycles. The number of carbonyl (C=O) groups excluding carboxylic acids is 1. The van der Waals surface area contributed by atoms with Crippen LogP contribution in [0.5, 0.6) is 0 Å². The van der Waals surface area contributed by atoms with Gasteiger partial charge in [0.05, 0.1) is 5.69 Å². The summed E-state index contributed by atoms with van der Waals surface area (Å²) in [6.07, 6.45) is 0. The number of aromatic nitrogens is 1. The highest BCUT2D eigenvalue weighted by Gasteiger charge is 2.18. The highest BCUT2D eigenvalue weighted by molar-refractivity contribution is 7.17. The lowest BCUT2D eigenvalue weighted by Crippen LogP contribution is -2.25. The summed E-state index contributed by atoms with van der Waals surface area (Å²) < 4.78 is 0. The fourth-order valence-corrected chi connectivity index (χ4v) is 3.19. The molecule has 3 nitrogen and oxygen atoms in total. The van der Waals surface area contributed by atoms with Gasteiger partial charge >= 0.3 is 0 Å². The van der Waals surface area contributed by atoms with Crippen LogP contribution in [0.1, 0.15) is 22.3 Å². The van der Waals surface area contributed by atoms with Crippen LogP contribution in [0.15, 0.2) is 16.8 Å². The molecule has 0 N–H and O–H groups in total. The van der Waals surface area contributed by atoms with Crippen molar-refractivity contribution in [3.63, 3.8) is 0 Å². The molecule has 0 aliphatic heterocycles. The molecule has 0 saturated heterocycles. The predicted molar refractivity (Wildman–Crippen MR) is 72.8 cm³/mol. The van der Waals surface area contributed by atoms with E-state index >= 15 is 0 Å². The van der Waals surface area contributed by atoms with Crippen molar-refractivity contribution in [3.05, 3.63) is 27.4 Å². The topological polar surface area (TPSA) is 33.2 Å². The van der Waals surface area contributed by atoms with E-state index in [0.717, 1.165) is 21.1 Å². The number of rotatable bonds is 3.